The van der Waals surface area contributed by atoms with E-state index in [4.69, 9.17) is 17.3 Å². The Hall–Kier alpha value is -1.18. The van der Waals surface area contributed by atoms with Gasteiger partial charge in [-0.2, -0.15) is 0 Å². The lowest BCUT2D eigenvalue weighted by atomic mass is 10.2. The van der Waals surface area contributed by atoms with Gasteiger partial charge in [-0.05, 0) is 22.0 Å². The van der Waals surface area contributed by atoms with Crippen LogP contribution < -0.4 is 5.73 Å². The molecule has 6 nitrogen and oxygen atoms in total. The van der Waals surface area contributed by atoms with Gasteiger partial charge in [0.25, 0.3) is 5.91 Å². The average molecular weight is 349 g/mol. The number of aromatic nitrogens is 1. The monoisotopic (exact) mass is 347 g/mol. The van der Waals surface area contributed by atoms with Crippen LogP contribution in [0.25, 0.3) is 0 Å². The molecule has 3 N–H and O–H groups in total. The third-order valence-corrected chi connectivity index (χ3v) is 3.64. The van der Waals surface area contributed by atoms with E-state index >= 15 is 0 Å². The largest absolute Gasteiger partial charge is 0.391 e. The van der Waals surface area contributed by atoms with Crippen LogP contribution in [-0.2, 0) is 4.79 Å². The summed E-state index contributed by atoms with van der Waals surface area (Å²) in [7, 11) is 0. The summed E-state index contributed by atoms with van der Waals surface area (Å²) in [6, 6.07) is 0.693. The van der Waals surface area contributed by atoms with Crippen molar-refractivity contribution in [3.8, 4) is 0 Å². The molecule has 0 aromatic carbocycles. The molecule has 1 aromatic heterocycles. The van der Waals surface area contributed by atoms with E-state index in [0.29, 0.717) is 4.47 Å². The van der Waals surface area contributed by atoms with Gasteiger partial charge in [0.1, 0.15) is 11.2 Å². The van der Waals surface area contributed by atoms with Gasteiger partial charge in [-0.15, -0.1) is 0 Å². The number of aliphatic hydroxyl groups is 1. The van der Waals surface area contributed by atoms with Gasteiger partial charge in [-0.3, -0.25) is 9.59 Å². The second kappa shape index (κ2) is 5.44. The predicted octanol–water partition coefficient (Wildman–Crippen LogP) is 0.558. The molecule has 2 unspecified atom stereocenters. The van der Waals surface area contributed by atoms with Gasteiger partial charge in [0.15, 0.2) is 0 Å². The summed E-state index contributed by atoms with van der Waals surface area (Å²) in [6.07, 6.45) is 0.837. The zero-order valence-corrected chi connectivity index (χ0v) is 12.1. The Morgan fingerprint density at radius 3 is 2.89 bits per heavy atom. The number of aliphatic hydroxyl groups excluding tert-OH is 1. The number of rotatable bonds is 2. The van der Waals surface area contributed by atoms with Crippen molar-refractivity contribution in [1.82, 2.24) is 9.88 Å². The van der Waals surface area contributed by atoms with Crippen LogP contribution in [0.5, 0.6) is 0 Å². The minimum atomic E-state index is -0.822. The van der Waals surface area contributed by atoms with E-state index in [1.54, 1.807) is 0 Å². The first-order chi connectivity index (χ1) is 8.90. The van der Waals surface area contributed by atoms with Crippen LogP contribution in [0.2, 0.25) is 5.15 Å². The summed E-state index contributed by atoms with van der Waals surface area (Å²) in [5.74, 6) is -1.12. The number of hydrogen-bond donors (Lipinski definition) is 2. The van der Waals surface area contributed by atoms with Crippen molar-refractivity contribution < 1.29 is 14.7 Å². The van der Waals surface area contributed by atoms with Crippen molar-refractivity contribution >= 4 is 39.3 Å². The Bertz CT molecular complexity index is 540. The Labute approximate surface area is 122 Å². The van der Waals surface area contributed by atoms with E-state index in [1.165, 1.54) is 17.2 Å². The van der Waals surface area contributed by atoms with E-state index in [9.17, 15) is 14.7 Å². The molecular formula is C11H11BrClN3O3. The van der Waals surface area contributed by atoms with E-state index in [2.05, 4.69) is 20.9 Å². The van der Waals surface area contributed by atoms with E-state index < -0.39 is 24.0 Å². The van der Waals surface area contributed by atoms with Crippen LogP contribution in [0, 0.1) is 0 Å². The Morgan fingerprint density at radius 2 is 2.26 bits per heavy atom. The van der Waals surface area contributed by atoms with E-state index in [1.807, 2.05) is 0 Å². The SMILES string of the molecule is NC(=O)C1CC(O)CN1C(=O)c1cc(Br)cnc1Cl. The third kappa shape index (κ3) is 2.88. The van der Waals surface area contributed by atoms with Gasteiger partial charge in [0.05, 0.1) is 11.7 Å². The Morgan fingerprint density at radius 1 is 1.58 bits per heavy atom. The summed E-state index contributed by atoms with van der Waals surface area (Å²) in [4.78, 5) is 28.7. The van der Waals surface area contributed by atoms with Crippen molar-refractivity contribution in [2.75, 3.05) is 6.54 Å². The first kappa shape index (κ1) is 14.2. The third-order valence-electron chi connectivity index (χ3n) is 2.90. The molecule has 0 aliphatic carbocycles. The smallest absolute Gasteiger partial charge is 0.257 e. The summed E-state index contributed by atoms with van der Waals surface area (Å²) < 4.78 is 0.593. The van der Waals surface area contributed by atoms with E-state index in [-0.39, 0.29) is 23.7 Å². The first-order valence-corrected chi connectivity index (χ1v) is 6.66. The Balaban J connectivity index is 2.33. The Kier molecular flexibility index (Phi) is 4.07. The summed E-state index contributed by atoms with van der Waals surface area (Å²) in [6.45, 7) is 0.0509. The van der Waals surface area contributed by atoms with Crippen LogP contribution in [0.1, 0.15) is 16.8 Å². The fourth-order valence-corrected chi connectivity index (χ4v) is 2.55. The summed E-state index contributed by atoms with van der Waals surface area (Å²) in [5, 5.41) is 9.62. The highest BCUT2D eigenvalue weighted by molar-refractivity contribution is 9.10. The topological polar surface area (TPSA) is 96.5 Å². The maximum Gasteiger partial charge on any atom is 0.257 e. The normalized spacial score (nSPS) is 22.6. The number of halogens is 2. The quantitative estimate of drug-likeness (QED) is 0.763. The lowest BCUT2D eigenvalue weighted by Crippen LogP contribution is -2.43. The van der Waals surface area contributed by atoms with Crippen molar-refractivity contribution in [2.45, 2.75) is 18.6 Å². The molecule has 1 aliphatic rings. The molecule has 1 aromatic rings. The van der Waals surface area contributed by atoms with Crippen LogP contribution in [0.15, 0.2) is 16.7 Å². The van der Waals surface area contributed by atoms with Crippen molar-refractivity contribution in [3.63, 3.8) is 0 Å². The molecule has 2 rings (SSSR count). The number of pyridine rings is 1. The minimum absolute atomic E-state index is 0.0396. The number of amides is 2. The maximum atomic E-state index is 12.3. The summed E-state index contributed by atoms with van der Waals surface area (Å²) in [5.41, 5.74) is 5.40. The number of likely N-dealkylation sites (tertiary alicyclic amines) is 1. The molecule has 0 spiro atoms. The second-order valence-corrected chi connectivity index (χ2v) is 5.53. The van der Waals surface area contributed by atoms with Crippen LogP contribution >= 0.6 is 27.5 Å². The van der Waals surface area contributed by atoms with Crippen LogP contribution in [0.4, 0.5) is 0 Å². The summed E-state index contributed by atoms with van der Waals surface area (Å²) >= 11 is 9.07. The van der Waals surface area contributed by atoms with Gasteiger partial charge in [0, 0.05) is 23.6 Å². The number of primary amides is 1. The molecule has 1 saturated heterocycles. The van der Waals surface area contributed by atoms with Gasteiger partial charge in [-0.1, -0.05) is 11.6 Å². The number of hydrogen-bond acceptors (Lipinski definition) is 4. The van der Waals surface area contributed by atoms with Gasteiger partial charge < -0.3 is 15.7 Å². The highest BCUT2D eigenvalue weighted by atomic mass is 79.9. The zero-order chi connectivity index (χ0) is 14.2. The molecule has 1 aliphatic heterocycles. The molecule has 1 fully saturated rings. The lowest BCUT2D eigenvalue weighted by Gasteiger charge is -2.22. The van der Waals surface area contributed by atoms with Gasteiger partial charge in [0.2, 0.25) is 5.91 Å². The highest BCUT2D eigenvalue weighted by Gasteiger charge is 2.38. The first-order valence-electron chi connectivity index (χ1n) is 5.49. The number of β-amino-alcohol motifs (C(OH)–C–C–N with tert-alkyl or cyclic N) is 1. The molecule has 19 heavy (non-hydrogen) atoms. The van der Waals surface area contributed by atoms with Gasteiger partial charge in [-0.25, -0.2) is 4.98 Å². The highest BCUT2D eigenvalue weighted by Crippen LogP contribution is 2.24. The fourth-order valence-electron chi connectivity index (χ4n) is 2.04. The molecule has 2 heterocycles. The molecule has 0 radical (unpaired) electrons. The standard InChI is InChI=1S/C11H11BrClN3O3/c12-5-1-7(9(13)15-3-5)11(19)16-4-6(17)2-8(16)10(14)18/h1,3,6,8,17H,2,4H2,(H2,14,18). The zero-order valence-electron chi connectivity index (χ0n) is 9.72. The van der Waals surface area contributed by atoms with Crippen molar-refractivity contribution in [2.24, 2.45) is 5.73 Å². The molecular weight excluding hydrogens is 337 g/mol. The van der Waals surface area contributed by atoms with Crippen LogP contribution in [0.3, 0.4) is 0 Å². The lowest BCUT2D eigenvalue weighted by molar-refractivity contribution is -0.121. The molecule has 2 amide bonds. The number of nitrogens with zero attached hydrogens (tertiary/aromatic N) is 2. The molecule has 2 atom stereocenters. The number of carbonyl (C=O) groups is 2. The number of nitrogens with two attached hydrogens (primary N) is 1. The van der Waals surface area contributed by atoms with Crippen molar-refractivity contribution in [1.29, 1.82) is 0 Å². The molecule has 0 bridgehead atoms. The molecule has 102 valence electrons. The van der Waals surface area contributed by atoms with Crippen LogP contribution in [-0.4, -0.2) is 45.5 Å². The van der Waals surface area contributed by atoms with Gasteiger partial charge >= 0.3 is 0 Å². The molecule has 8 heteroatoms. The fraction of sp³-hybridized carbons (Fsp3) is 0.364. The van der Waals surface area contributed by atoms with E-state index in [0.717, 1.165) is 0 Å². The second-order valence-electron chi connectivity index (χ2n) is 4.26. The van der Waals surface area contributed by atoms with Crippen molar-refractivity contribution in [3.05, 3.63) is 27.5 Å². The maximum absolute atomic E-state index is 12.3. The number of carbonyl (C=O) groups excluding carboxylic acids is 2. The average Bonchev–Trinajstić information content (AvgIpc) is 2.74. The molecule has 0 saturated carbocycles. The minimum Gasteiger partial charge on any atom is -0.391 e. The predicted molar refractivity (Wildman–Crippen MR) is 71.6 cm³/mol.